The molecule has 1 aliphatic rings. The minimum absolute atomic E-state index is 0.0783. The molecular weight excluding hydrogens is 304 g/mol. The Morgan fingerprint density at radius 1 is 1.21 bits per heavy atom. The van der Waals surface area contributed by atoms with Gasteiger partial charge in [0.25, 0.3) is 5.91 Å². The summed E-state index contributed by atoms with van der Waals surface area (Å²) in [6.45, 7) is 2.42. The number of benzene rings is 1. The SMILES string of the molecule is Cc1ncoc1C(=O)N1CCCCCC1CC(=O)c1ccccc1. The van der Waals surface area contributed by atoms with Crippen molar-refractivity contribution in [3.8, 4) is 0 Å². The number of aryl methyl sites for hydroxylation is 1. The van der Waals surface area contributed by atoms with Gasteiger partial charge in [0.2, 0.25) is 5.76 Å². The van der Waals surface area contributed by atoms with Crippen LogP contribution in [-0.2, 0) is 0 Å². The summed E-state index contributed by atoms with van der Waals surface area (Å²) in [5.74, 6) is 0.210. The van der Waals surface area contributed by atoms with Gasteiger partial charge in [-0.2, -0.15) is 0 Å². The van der Waals surface area contributed by atoms with E-state index in [2.05, 4.69) is 4.98 Å². The number of ketones is 1. The maximum atomic E-state index is 12.8. The molecule has 1 aliphatic heterocycles. The van der Waals surface area contributed by atoms with Gasteiger partial charge in [-0.1, -0.05) is 43.2 Å². The van der Waals surface area contributed by atoms with Gasteiger partial charge in [-0.05, 0) is 19.8 Å². The predicted molar refractivity (Wildman–Crippen MR) is 89.9 cm³/mol. The van der Waals surface area contributed by atoms with Crippen LogP contribution in [0.3, 0.4) is 0 Å². The molecule has 0 bridgehead atoms. The molecule has 126 valence electrons. The minimum atomic E-state index is -0.155. The monoisotopic (exact) mass is 326 g/mol. The average molecular weight is 326 g/mol. The minimum Gasteiger partial charge on any atom is -0.438 e. The van der Waals surface area contributed by atoms with E-state index < -0.39 is 0 Å². The van der Waals surface area contributed by atoms with Gasteiger partial charge >= 0.3 is 0 Å². The zero-order valence-electron chi connectivity index (χ0n) is 13.9. The van der Waals surface area contributed by atoms with Crippen molar-refractivity contribution in [2.45, 2.75) is 45.1 Å². The van der Waals surface area contributed by atoms with E-state index in [0.717, 1.165) is 25.7 Å². The molecule has 5 heteroatoms. The normalized spacial score (nSPS) is 18.2. The third-order valence-corrected chi connectivity index (χ3v) is 4.59. The van der Waals surface area contributed by atoms with Crippen molar-refractivity contribution >= 4 is 11.7 Å². The first-order valence-electron chi connectivity index (χ1n) is 8.46. The molecule has 3 rings (SSSR count). The average Bonchev–Trinajstić information content (AvgIpc) is 2.89. The van der Waals surface area contributed by atoms with E-state index in [-0.39, 0.29) is 23.5 Å². The number of hydrogen-bond acceptors (Lipinski definition) is 4. The summed E-state index contributed by atoms with van der Waals surface area (Å²) in [5, 5.41) is 0. The topological polar surface area (TPSA) is 63.4 Å². The fourth-order valence-electron chi connectivity index (χ4n) is 3.25. The molecule has 24 heavy (non-hydrogen) atoms. The second-order valence-corrected chi connectivity index (χ2v) is 6.26. The van der Waals surface area contributed by atoms with Crippen molar-refractivity contribution in [3.05, 3.63) is 53.7 Å². The third-order valence-electron chi connectivity index (χ3n) is 4.59. The fourth-order valence-corrected chi connectivity index (χ4v) is 3.25. The molecule has 5 nitrogen and oxygen atoms in total. The summed E-state index contributed by atoms with van der Waals surface area (Å²) in [5.41, 5.74) is 1.29. The van der Waals surface area contributed by atoms with Gasteiger partial charge in [0.15, 0.2) is 12.2 Å². The molecule has 1 aromatic heterocycles. The van der Waals surface area contributed by atoms with Gasteiger partial charge in [-0.25, -0.2) is 4.98 Å². The van der Waals surface area contributed by atoms with Crippen molar-refractivity contribution < 1.29 is 14.0 Å². The van der Waals surface area contributed by atoms with Gasteiger partial charge < -0.3 is 9.32 Å². The van der Waals surface area contributed by atoms with Crippen LogP contribution in [0.15, 0.2) is 41.1 Å². The maximum absolute atomic E-state index is 12.8. The number of rotatable bonds is 4. The van der Waals surface area contributed by atoms with E-state index in [9.17, 15) is 9.59 Å². The summed E-state index contributed by atoms with van der Waals surface area (Å²) in [6, 6.07) is 9.18. The number of carbonyl (C=O) groups excluding carboxylic acids is 2. The van der Waals surface area contributed by atoms with Crippen molar-refractivity contribution in [3.63, 3.8) is 0 Å². The molecule has 1 aromatic carbocycles. The summed E-state index contributed by atoms with van der Waals surface area (Å²) in [4.78, 5) is 31.2. The van der Waals surface area contributed by atoms with Crippen LogP contribution in [0.2, 0.25) is 0 Å². The van der Waals surface area contributed by atoms with Gasteiger partial charge in [0.1, 0.15) is 0 Å². The highest BCUT2D eigenvalue weighted by Gasteiger charge is 2.30. The van der Waals surface area contributed by atoms with E-state index in [0.29, 0.717) is 24.2 Å². The summed E-state index contributed by atoms with van der Waals surface area (Å²) in [6.07, 6.45) is 5.56. The van der Waals surface area contributed by atoms with Crippen LogP contribution in [0.1, 0.15) is 58.7 Å². The van der Waals surface area contributed by atoms with Gasteiger partial charge in [-0.15, -0.1) is 0 Å². The number of likely N-dealkylation sites (tertiary alicyclic amines) is 1. The smallest absolute Gasteiger partial charge is 0.291 e. The lowest BCUT2D eigenvalue weighted by molar-refractivity contribution is 0.0628. The number of aromatic nitrogens is 1. The summed E-state index contributed by atoms with van der Waals surface area (Å²) < 4.78 is 5.27. The van der Waals surface area contributed by atoms with Gasteiger partial charge in [0.05, 0.1) is 5.69 Å². The number of nitrogens with zero attached hydrogens (tertiary/aromatic N) is 2. The van der Waals surface area contributed by atoms with Gasteiger partial charge in [-0.3, -0.25) is 9.59 Å². The molecule has 1 amide bonds. The van der Waals surface area contributed by atoms with Crippen molar-refractivity contribution in [2.24, 2.45) is 0 Å². The fraction of sp³-hybridized carbons (Fsp3) is 0.421. The van der Waals surface area contributed by atoms with Crippen molar-refractivity contribution in [1.82, 2.24) is 9.88 Å². The van der Waals surface area contributed by atoms with Crippen LogP contribution in [0.5, 0.6) is 0 Å². The summed E-state index contributed by atoms with van der Waals surface area (Å²) >= 11 is 0. The third kappa shape index (κ3) is 3.55. The lowest BCUT2D eigenvalue weighted by Gasteiger charge is -2.29. The Kier molecular flexibility index (Phi) is 5.08. The van der Waals surface area contributed by atoms with Crippen LogP contribution < -0.4 is 0 Å². The van der Waals surface area contributed by atoms with E-state index in [1.807, 2.05) is 30.3 Å². The number of Topliss-reactive ketones (excluding diaryl/α,β-unsaturated/α-hetero) is 1. The molecule has 0 spiro atoms. The highest BCUT2D eigenvalue weighted by Crippen LogP contribution is 2.24. The first-order valence-corrected chi connectivity index (χ1v) is 8.46. The second-order valence-electron chi connectivity index (χ2n) is 6.26. The Labute approximate surface area is 141 Å². The maximum Gasteiger partial charge on any atom is 0.291 e. The number of oxazole rings is 1. The molecule has 0 N–H and O–H groups in total. The highest BCUT2D eigenvalue weighted by atomic mass is 16.3. The number of carbonyl (C=O) groups is 2. The van der Waals surface area contributed by atoms with Crippen LogP contribution in [0.4, 0.5) is 0 Å². The molecule has 1 atom stereocenters. The van der Waals surface area contributed by atoms with E-state index >= 15 is 0 Å². The molecule has 2 aromatic rings. The Morgan fingerprint density at radius 3 is 2.71 bits per heavy atom. The van der Waals surface area contributed by atoms with Gasteiger partial charge in [0, 0.05) is 24.6 Å². The van der Waals surface area contributed by atoms with Crippen molar-refractivity contribution in [2.75, 3.05) is 6.54 Å². The molecule has 0 radical (unpaired) electrons. The van der Waals surface area contributed by atoms with Crippen LogP contribution in [0, 0.1) is 6.92 Å². The largest absolute Gasteiger partial charge is 0.438 e. The van der Waals surface area contributed by atoms with Crippen molar-refractivity contribution in [1.29, 1.82) is 0 Å². The van der Waals surface area contributed by atoms with Crippen LogP contribution >= 0.6 is 0 Å². The van der Waals surface area contributed by atoms with E-state index in [1.165, 1.54) is 6.39 Å². The van der Waals surface area contributed by atoms with Crippen LogP contribution in [0.25, 0.3) is 0 Å². The molecule has 1 unspecified atom stereocenters. The lowest BCUT2D eigenvalue weighted by Crippen LogP contribution is -2.41. The quantitative estimate of drug-likeness (QED) is 0.805. The van der Waals surface area contributed by atoms with E-state index in [1.54, 1.807) is 11.8 Å². The Hall–Kier alpha value is -2.43. The Balaban J connectivity index is 1.79. The second kappa shape index (κ2) is 7.43. The number of hydrogen-bond donors (Lipinski definition) is 0. The van der Waals surface area contributed by atoms with Crippen LogP contribution in [-0.4, -0.2) is 34.2 Å². The predicted octanol–water partition coefficient (Wildman–Crippen LogP) is 3.64. The molecular formula is C19H22N2O3. The molecule has 0 aliphatic carbocycles. The first kappa shape index (κ1) is 16.4. The number of amides is 1. The first-order chi connectivity index (χ1) is 11.7. The molecule has 0 saturated carbocycles. The standard InChI is InChI=1S/C19H22N2O3/c1-14-18(24-13-20-14)19(23)21-11-7-3-6-10-16(21)12-17(22)15-8-4-2-5-9-15/h2,4-5,8-9,13,16H,3,6-7,10-12H2,1H3. The Bertz CT molecular complexity index is 708. The molecule has 1 fully saturated rings. The zero-order valence-corrected chi connectivity index (χ0v) is 13.9. The highest BCUT2D eigenvalue weighted by molar-refractivity contribution is 5.97. The zero-order chi connectivity index (χ0) is 16.9. The molecule has 1 saturated heterocycles. The van der Waals surface area contributed by atoms with E-state index in [4.69, 9.17) is 4.42 Å². The Morgan fingerprint density at radius 2 is 2.00 bits per heavy atom. The lowest BCUT2D eigenvalue weighted by atomic mass is 9.99. The molecule has 2 heterocycles. The summed E-state index contributed by atoms with van der Waals surface area (Å²) in [7, 11) is 0.